The number of aryl methyl sites for hydroxylation is 1. The Hall–Kier alpha value is -6.44. The Labute approximate surface area is 367 Å². The topological polar surface area (TPSA) is 3.24 Å². The van der Waals surface area contributed by atoms with Crippen molar-refractivity contribution in [3.05, 3.63) is 220 Å². The van der Waals surface area contributed by atoms with Crippen LogP contribution >= 0.6 is 0 Å². The Morgan fingerprint density at radius 1 is 0.355 bits per heavy atom. The van der Waals surface area contributed by atoms with E-state index in [1.54, 1.807) is 0 Å². The Kier molecular flexibility index (Phi) is 7.71. The highest BCUT2D eigenvalue weighted by Gasteiger charge is 2.52. The normalized spacial score (nSPS) is 17.0. The van der Waals surface area contributed by atoms with E-state index in [2.05, 4.69) is 223 Å². The van der Waals surface area contributed by atoms with Crippen molar-refractivity contribution < 1.29 is 0 Å². The van der Waals surface area contributed by atoms with Crippen LogP contribution in [0.5, 0.6) is 0 Å². The van der Waals surface area contributed by atoms with E-state index in [-0.39, 0.29) is 16.2 Å². The molecule has 0 heterocycles. The first-order valence-corrected chi connectivity index (χ1v) is 22.7. The summed E-state index contributed by atoms with van der Waals surface area (Å²) in [4.78, 5) is 2.59. The number of hydrogen-bond donors (Lipinski definition) is 0. The second-order valence-corrected chi connectivity index (χ2v) is 20.3. The molecule has 0 fully saturated rings. The Balaban J connectivity index is 1.23. The van der Waals surface area contributed by atoms with Crippen molar-refractivity contribution in [1.82, 2.24) is 0 Å². The van der Waals surface area contributed by atoms with Crippen LogP contribution in [0.2, 0.25) is 0 Å². The van der Waals surface area contributed by atoms with Gasteiger partial charge in [0.2, 0.25) is 0 Å². The van der Waals surface area contributed by atoms with Gasteiger partial charge in [0, 0.05) is 22.4 Å². The molecule has 0 unspecified atom stereocenters. The molecule has 1 spiro atoms. The Bertz CT molecular complexity index is 3130. The molecule has 0 radical (unpaired) electrons. The average Bonchev–Trinajstić information content (AvgIpc) is 3.83. The molecule has 0 amide bonds. The molecule has 1 heteroatoms. The maximum Gasteiger partial charge on any atom is 0.0726 e. The minimum absolute atomic E-state index is 0.00804. The highest BCUT2D eigenvalue weighted by Crippen LogP contribution is 2.65. The minimum atomic E-state index is -0.468. The van der Waals surface area contributed by atoms with Gasteiger partial charge in [0.15, 0.2) is 0 Å². The van der Waals surface area contributed by atoms with Crippen molar-refractivity contribution >= 4 is 17.1 Å². The Morgan fingerprint density at radius 3 is 1.45 bits per heavy atom. The maximum atomic E-state index is 2.62. The molecule has 0 bridgehead atoms. The number of rotatable bonds is 4. The summed E-state index contributed by atoms with van der Waals surface area (Å²) in [5.41, 5.74) is 26.2. The lowest BCUT2D eigenvalue weighted by Gasteiger charge is -2.44. The van der Waals surface area contributed by atoms with Gasteiger partial charge in [-0.15, -0.1) is 0 Å². The third-order valence-electron chi connectivity index (χ3n) is 15.6. The number of nitrogens with zero attached hydrogens (tertiary/aromatic N) is 1. The van der Waals surface area contributed by atoms with E-state index >= 15 is 0 Å². The summed E-state index contributed by atoms with van der Waals surface area (Å²) in [5.74, 6) is 0. The average molecular weight is 800 g/mol. The summed E-state index contributed by atoms with van der Waals surface area (Å²) in [6, 6.07) is 65.1. The molecule has 0 saturated heterocycles. The van der Waals surface area contributed by atoms with Crippen LogP contribution in [-0.4, -0.2) is 0 Å². The lowest BCUT2D eigenvalue weighted by molar-refractivity contribution is 0.331. The summed E-state index contributed by atoms with van der Waals surface area (Å²) in [6.07, 6.45) is 2.32. The first-order chi connectivity index (χ1) is 29.9. The fourth-order valence-electron chi connectivity index (χ4n) is 12.7. The highest BCUT2D eigenvalue weighted by atomic mass is 15.1. The van der Waals surface area contributed by atoms with E-state index in [1.807, 2.05) is 0 Å². The van der Waals surface area contributed by atoms with Crippen molar-refractivity contribution in [3.63, 3.8) is 0 Å². The molecule has 0 aliphatic heterocycles. The van der Waals surface area contributed by atoms with E-state index in [4.69, 9.17) is 0 Å². The lowest BCUT2D eigenvalue weighted by atomic mass is 9.60. The largest absolute Gasteiger partial charge is 0.310 e. The zero-order chi connectivity index (χ0) is 42.3. The monoisotopic (exact) mass is 799 g/mol. The molecular formula is C61H53N. The lowest BCUT2D eigenvalue weighted by Crippen LogP contribution is -2.35. The third-order valence-corrected chi connectivity index (χ3v) is 15.6. The van der Waals surface area contributed by atoms with Gasteiger partial charge in [-0.1, -0.05) is 175 Å². The molecule has 4 aliphatic carbocycles. The van der Waals surface area contributed by atoms with E-state index in [0.29, 0.717) is 0 Å². The predicted molar refractivity (Wildman–Crippen MR) is 260 cm³/mol. The fourth-order valence-corrected chi connectivity index (χ4v) is 12.7. The summed E-state index contributed by atoms with van der Waals surface area (Å²) in [5, 5.41) is 0. The molecule has 4 aliphatic rings. The van der Waals surface area contributed by atoms with E-state index in [9.17, 15) is 0 Å². The minimum Gasteiger partial charge on any atom is -0.310 e. The van der Waals surface area contributed by atoms with Crippen LogP contribution in [0.3, 0.4) is 0 Å². The third kappa shape index (κ3) is 4.86. The van der Waals surface area contributed by atoms with Gasteiger partial charge in [-0.3, -0.25) is 0 Å². The van der Waals surface area contributed by atoms with Crippen molar-refractivity contribution in [3.8, 4) is 44.5 Å². The molecule has 0 N–H and O–H groups in total. The second kappa shape index (κ2) is 12.8. The van der Waals surface area contributed by atoms with Crippen LogP contribution in [0.4, 0.5) is 17.1 Å². The Morgan fingerprint density at radius 2 is 0.839 bits per heavy atom. The number of fused-ring (bicyclic) bond motifs is 14. The van der Waals surface area contributed by atoms with Gasteiger partial charge in [0.25, 0.3) is 0 Å². The predicted octanol–water partition coefficient (Wildman–Crippen LogP) is 16.1. The molecule has 12 rings (SSSR count). The molecule has 8 aromatic rings. The van der Waals surface area contributed by atoms with Crippen LogP contribution in [0.15, 0.2) is 170 Å². The number of benzene rings is 8. The zero-order valence-corrected chi connectivity index (χ0v) is 37.0. The summed E-state index contributed by atoms with van der Waals surface area (Å²) in [7, 11) is 0. The van der Waals surface area contributed by atoms with Crippen LogP contribution < -0.4 is 4.90 Å². The van der Waals surface area contributed by atoms with Crippen LogP contribution in [0.25, 0.3) is 44.5 Å². The molecule has 1 nitrogen and oxygen atoms in total. The smallest absolute Gasteiger partial charge is 0.0726 e. The molecule has 8 aromatic carbocycles. The van der Waals surface area contributed by atoms with Gasteiger partial charge >= 0.3 is 0 Å². The van der Waals surface area contributed by atoms with E-state index in [0.717, 1.165) is 12.1 Å². The molecule has 302 valence electrons. The number of anilines is 3. The van der Waals surface area contributed by atoms with Gasteiger partial charge < -0.3 is 4.90 Å². The van der Waals surface area contributed by atoms with Gasteiger partial charge in [-0.05, 0) is 156 Å². The van der Waals surface area contributed by atoms with Crippen molar-refractivity contribution in [2.45, 2.75) is 83.0 Å². The van der Waals surface area contributed by atoms with Crippen LogP contribution in [0.1, 0.15) is 104 Å². The van der Waals surface area contributed by atoms with Crippen molar-refractivity contribution in [2.75, 3.05) is 4.90 Å². The van der Waals surface area contributed by atoms with Gasteiger partial charge in [-0.2, -0.15) is 0 Å². The molecule has 0 aromatic heterocycles. The summed E-state index contributed by atoms with van der Waals surface area (Å²) < 4.78 is 0. The zero-order valence-electron chi connectivity index (χ0n) is 37.0. The first kappa shape index (κ1) is 37.3. The summed E-state index contributed by atoms with van der Waals surface area (Å²) in [6.45, 7) is 17.0. The SMILES string of the molecule is Cc1ccc(-c2cc3c(cc2N(c2ccccc2)c2ccc4c(c2)C(C)(C)c2ccccc2-4)C2(c4ccccc4-c4ccccc42)c2ccccc2-3)c2c1C(C)(C)CCC2(C)C. The summed E-state index contributed by atoms with van der Waals surface area (Å²) >= 11 is 0. The van der Waals surface area contributed by atoms with Gasteiger partial charge in [-0.25, -0.2) is 0 Å². The molecule has 0 saturated carbocycles. The number of para-hydroxylation sites is 1. The number of hydrogen-bond acceptors (Lipinski definition) is 1. The molecule has 0 atom stereocenters. The second-order valence-electron chi connectivity index (χ2n) is 20.3. The highest BCUT2D eigenvalue weighted by molar-refractivity contribution is 6.01. The molecular weight excluding hydrogens is 747 g/mol. The van der Waals surface area contributed by atoms with E-state index < -0.39 is 5.41 Å². The standard InChI is InChI=1S/C61H53N/c1-38-29-31-46(57-56(38)58(2,3)33-34-59(57,4)5)48-36-47-44-24-14-18-28-52(44)61(50-26-16-12-22-42(50)43-23-13-17-27-51(43)61)54(47)37-55(48)62(39-19-9-8-10-20-39)40-30-32-45-41-21-11-15-25-49(41)60(6,7)53(45)35-40/h8-32,35-37H,33-34H2,1-7H3. The van der Waals surface area contributed by atoms with Crippen LogP contribution in [-0.2, 0) is 21.7 Å². The van der Waals surface area contributed by atoms with Crippen molar-refractivity contribution in [2.24, 2.45) is 0 Å². The van der Waals surface area contributed by atoms with Crippen molar-refractivity contribution in [1.29, 1.82) is 0 Å². The van der Waals surface area contributed by atoms with Gasteiger partial charge in [0.1, 0.15) is 0 Å². The van der Waals surface area contributed by atoms with Gasteiger partial charge in [0.05, 0.1) is 11.1 Å². The van der Waals surface area contributed by atoms with E-state index in [1.165, 1.54) is 112 Å². The van der Waals surface area contributed by atoms with Crippen LogP contribution in [0, 0.1) is 6.92 Å². The maximum absolute atomic E-state index is 2.62. The fraction of sp³-hybridized carbons (Fsp3) is 0.213. The quantitative estimate of drug-likeness (QED) is 0.171. The first-order valence-electron chi connectivity index (χ1n) is 22.7. The molecule has 62 heavy (non-hydrogen) atoms.